The first-order valence-electron chi connectivity index (χ1n) is 6.59. The van der Waals surface area contributed by atoms with Gasteiger partial charge in [-0.15, -0.1) is 0 Å². The number of nitrogens with zero attached hydrogens (tertiary/aromatic N) is 1. The van der Waals surface area contributed by atoms with Crippen LogP contribution in [-0.4, -0.2) is 23.8 Å². The monoisotopic (exact) mass is 376 g/mol. The normalized spacial score (nSPS) is 11.2. The SMILES string of the molecule is COc1cccc(NC(=O)CSc2ncc(C(F)(F)F)cc2Cl)c1. The summed E-state index contributed by atoms with van der Waals surface area (Å²) in [5, 5.41) is 2.66. The van der Waals surface area contributed by atoms with Gasteiger partial charge >= 0.3 is 6.18 Å². The number of methoxy groups -OCH3 is 1. The number of ether oxygens (including phenoxy) is 1. The van der Waals surface area contributed by atoms with Gasteiger partial charge in [0, 0.05) is 18.0 Å². The Bertz CT molecular complexity index is 741. The molecule has 0 aliphatic carbocycles. The number of amides is 1. The van der Waals surface area contributed by atoms with Crippen molar-refractivity contribution < 1.29 is 22.7 Å². The maximum atomic E-state index is 12.5. The summed E-state index contributed by atoms with van der Waals surface area (Å²) in [6, 6.07) is 7.57. The van der Waals surface area contributed by atoms with Gasteiger partial charge in [0.1, 0.15) is 10.8 Å². The molecular weight excluding hydrogens is 365 g/mol. The van der Waals surface area contributed by atoms with Crippen molar-refractivity contribution in [3.63, 3.8) is 0 Å². The number of rotatable bonds is 5. The van der Waals surface area contributed by atoms with Crippen molar-refractivity contribution in [3.8, 4) is 5.75 Å². The molecule has 0 aliphatic heterocycles. The third-order valence-electron chi connectivity index (χ3n) is 2.83. The Kier molecular flexibility index (Phi) is 5.95. The predicted octanol–water partition coefficient (Wildman–Crippen LogP) is 4.49. The Hall–Kier alpha value is -1.93. The van der Waals surface area contributed by atoms with Crippen LogP contribution in [0.4, 0.5) is 18.9 Å². The van der Waals surface area contributed by atoms with Crippen LogP contribution in [0.5, 0.6) is 5.75 Å². The molecule has 24 heavy (non-hydrogen) atoms. The molecule has 1 amide bonds. The summed E-state index contributed by atoms with van der Waals surface area (Å²) >= 11 is 6.74. The van der Waals surface area contributed by atoms with Gasteiger partial charge in [0.25, 0.3) is 0 Å². The van der Waals surface area contributed by atoms with E-state index in [2.05, 4.69) is 10.3 Å². The van der Waals surface area contributed by atoms with Crippen molar-refractivity contribution in [2.45, 2.75) is 11.2 Å². The second kappa shape index (κ2) is 7.76. The molecule has 1 aromatic heterocycles. The van der Waals surface area contributed by atoms with Crippen LogP contribution >= 0.6 is 23.4 Å². The summed E-state index contributed by atoms with van der Waals surface area (Å²) in [7, 11) is 1.51. The number of carbonyl (C=O) groups excluding carboxylic acids is 1. The van der Waals surface area contributed by atoms with Crippen LogP contribution in [0.2, 0.25) is 5.02 Å². The molecule has 1 heterocycles. The van der Waals surface area contributed by atoms with E-state index < -0.39 is 11.7 Å². The lowest BCUT2D eigenvalue weighted by Crippen LogP contribution is -2.14. The van der Waals surface area contributed by atoms with Gasteiger partial charge in [-0.2, -0.15) is 13.2 Å². The lowest BCUT2D eigenvalue weighted by molar-refractivity contribution is -0.137. The van der Waals surface area contributed by atoms with Crippen LogP contribution in [0.1, 0.15) is 5.56 Å². The summed E-state index contributed by atoms with van der Waals surface area (Å²) in [5.41, 5.74) is -0.385. The third kappa shape index (κ3) is 5.04. The molecule has 0 bridgehead atoms. The van der Waals surface area contributed by atoms with Gasteiger partial charge in [-0.05, 0) is 18.2 Å². The molecule has 128 valence electrons. The standard InChI is InChI=1S/C15H12ClF3N2O2S/c1-23-11-4-2-3-10(6-11)21-13(22)8-24-14-12(16)5-9(7-20-14)15(17,18)19/h2-7H,8H2,1H3,(H,21,22). The molecule has 9 heteroatoms. The first-order valence-corrected chi connectivity index (χ1v) is 7.95. The smallest absolute Gasteiger partial charge is 0.417 e. The van der Waals surface area contributed by atoms with E-state index in [1.807, 2.05) is 0 Å². The van der Waals surface area contributed by atoms with Gasteiger partial charge < -0.3 is 10.1 Å². The van der Waals surface area contributed by atoms with Gasteiger partial charge in [0.2, 0.25) is 5.91 Å². The summed E-state index contributed by atoms with van der Waals surface area (Å²) in [5.74, 6) is 0.203. The molecule has 2 rings (SSSR count). The van der Waals surface area contributed by atoms with Crippen LogP contribution in [0.3, 0.4) is 0 Å². The Morgan fingerprint density at radius 3 is 2.75 bits per heavy atom. The number of hydrogen-bond donors (Lipinski definition) is 1. The largest absolute Gasteiger partial charge is 0.497 e. The van der Waals surface area contributed by atoms with Crippen LogP contribution in [0, 0.1) is 0 Å². The van der Waals surface area contributed by atoms with Crippen molar-refractivity contribution in [3.05, 3.63) is 47.1 Å². The molecule has 1 N–H and O–H groups in total. The topological polar surface area (TPSA) is 51.2 Å². The van der Waals surface area contributed by atoms with E-state index in [4.69, 9.17) is 16.3 Å². The van der Waals surface area contributed by atoms with Crippen molar-refractivity contribution in [1.29, 1.82) is 0 Å². The molecular formula is C15H12ClF3N2O2S. The van der Waals surface area contributed by atoms with Gasteiger partial charge in [-0.25, -0.2) is 4.98 Å². The van der Waals surface area contributed by atoms with E-state index in [9.17, 15) is 18.0 Å². The predicted molar refractivity (Wildman–Crippen MR) is 86.6 cm³/mol. The lowest BCUT2D eigenvalue weighted by atomic mass is 10.3. The molecule has 4 nitrogen and oxygen atoms in total. The minimum atomic E-state index is -4.51. The highest BCUT2D eigenvalue weighted by Gasteiger charge is 2.31. The summed E-state index contributed by atoms with van der Waals surface area (Å²) < 4.78 is 42.7. The number of anilines is 1. The van der Waals surface area contributed by atoms with Gasteiger partial charge in [0.15, 0.2) is 0 Å². The van der Waals surface area contributed by atoms with E-state index in [0.717, 1.165) is 17.8 Å². The number of nitrogens with one attached hydrogen (secondary N) is 1. The molecule has 0 spiro atoms. The fourth-order valence-electron chi connectivity index (χ4n) is 1.72. The molecule has 0 atom stereocenters. The first kappa shape index (κ1) is 18.4. The van der Waals surface area contributed by atoms with E-state index in [0.29, 0.717) is 17.6 Å². The molecule has 0 aliphatic rings. The van der Waals surface area contributed by atoms with Crippen molar-refractivity contribution in [1.82, 2.24) is 4.98 Å². The van der Waals surface area contributed by atoms with Gasteiger partial charge in [-0.1, -0.05) is 29.4 Å². The van der Waals surface area contributed by atoms with E-state index >= 15 is 0 Å². The number of alkyl halides is 3. The fraction of sp³-hybridized carbons (Fsp3) is 0.200. The average molecular weight is 377 g/mol. The van der Waals surface area contributed by atoms with E-state index in [1.54, 1.807) is 24.3 Å². The number of thioether (sulfide) groups is 1. The Balaban J connectivity index is 1.96. The van der Waals surface area contributed by atoms with Crippen LogP contribution in [0.15, 0.2) is 41.6 Å². The van der Waals surface area contributed by atoms with Gasteiger partial charge in [-0.3, -0.25) is 4.79 Å². The quantitative estimate of drug-likeness (QED) is 0.781. The zero-order valence-corrected chi connectivity index (χ0v) is 13.9. The Labute approximate surface area is 145 Å². The number of hydrogen-bond acceptors (Lipinski definition) is 4. The number of halogens is 4. The number of pyridine rings is 1. The minimum Gasteiger partial charge on any atom is -0.497 e. The molecule has 0 saturated heterocycles. The average Bonchev–Trinajstić information content (AvgIpc) is 2.53. The van der Waals surface area contributed by atoms with Crippen LogP contribution in [0.25, 0.3) is 0 Å². The zero-order chi connectivity index (χ0) is 17.7. The van der Waals surface area contributed by atoms with E-state index in [1.165, 1.54) is 7.11 Å². The molecule has 1 aromatic carbocycles. The number of aromatic nitrogens is 1. The van der Waals surface area contributed by atoms with Crippen molar-refractivity contribution in [2.24, 2.45) is 0 Å². The molecule has 0 saturated carbocycles. The van der Waals surface area contributed by atoms with Crippen molar-refractivity contribution >= 4 is 35.0 Å². The molecule has 0 fully saturated rings. The van der Waals surface area contributed by atoms with Gasteiger partial charge in [0.05, 0.1) is 23.4 Å². The maximum absolute atomic E-state index is 12.5. The molecule has 2 aromatic rings. The van der Waals surface area contributed by atoms with E-state index in [-0.39, 0.29) is 21.7 Å². The Morgan fingerprint density at radius 2 is 2.12 bits per heavy atom. The lowest BCUT2D eigenvalue weighted by Gasteiger charge is -2.09. The number of benzene rings is 1. The van der Waals surface area contributed by atoms with Crippen LogP contribution in [-0.2, 0) is 11.0 Å². The van der Waals surface area contributed by atoms with Crippen LogP contribution < -0.4 is 10.1 Å². The Morgan fingerprint density at radius 1 is 1.38 bits per heavy atom. The third-order valence-corrected chi connectivity index (χ3v) is 4.23. The maximum Gasteiger partial charge on any atom is 0.417 e. The summed E-state index contributed by atoms with van der Waals surface area (Å²) in [6.45, 7) is 0. The highest BCUT2D eigenvalue weighted by molar-refractivity contribution is 8.00. The fourth-order valence-corrected chi connectivity index (χ4v) is 2.71. The second-order valence-corrected chi connectivity index (χ2v) is 5.95. The second-order valence-electron chi connectivity index (χ2n) is 4.58. The summed E-state index contributed by atoms with van der Waals surface area (Å²) in [4.78, 5) is 15.6. The zero-order valence-electron chi connectivity index (χ0n) is 12.4. The van der Waals surface area contributed by atoms with Crippen molar-refractivity contribution in [2.75, 3.05) is 18.2 Å². The molecule has 0 unspecified atom stereocenters. The minimum absolute atomic E-state index is 0.0463. The highest BCUT2D eigenvalue weighted by atomic mass is 35.5. The highest BCUT2D eigenvalue weighted by Crippen LogP contribution is 2.33. The summed E-state index contributed by atoms with van der Waals surface area (Å²) in [6.07, 6.45) is -3.82. The number of carbonyl (C=O) groups is 1. The first-order chi connectivity index (χ1) is 11.3. The molecule has 0 radical (unpaired) electrons.